The average Bonchev–Trinajstić information content (AvgIpc) is 2.29. The summed E-state index contributed by atoms with van der Waals surface area (Å²) in [5.41, 5.74) is 12.3. The average molecular weight is 281 g/mol. The first-order valence-corrected chi connectivity index (χ1v) is 5.90. The number of aryl methyl sites for hydroxylation is 1. The Morgan fingerprint density at radius 2 is 1.55 bits per heavy atom. The van der Waals surface area contributed by atoms with Crippen molar-refractivity contribution in [3.63, 3.8) is 0 Å². The third-order valence-corrected chi connectivity index (χ3v) is 3.06. The van der Waals surface area contributed by atoms with Gasteiger partial charge in [0.15, 0.2) is 0 Å². The summed E-state index contributed by atoms with van der Waals surface area (Å²) in [6.45, 7) is 3.08. The lowest BCUT2D eigenvalue weighted by Gasteiger charge is -2.15. The maximum atomic E-state index is 13.0. The van der Waals surface area contributed by atoms with E-state index in [1.165, 1.54) is 19.1 Å². The van der Waals surface area contributed by atoms with Crippen molar-refractivity contribution in [3.8, 4) is 11.1 Å². The number of anilines is 2. The Labute approximate surface area is 114 Å². The van der Waals surface area contributed by atoms with Crippen molar-refractivity contribution in [2.24, 2.45) is 0 Å². The van der Waals surface area contributed by atoms with Gasteiger partial charge in [-0.15, -0.1) is 0 Å². The minimum atomic E-state index is -4.44. The Hall–Kier alpha value is -2.24. The largest absolute Gasteiger partial charge is 0.416 e. The molecule has 0 aliphatic heterocycles. The van der Waals surface area contributed by atoms with Crippen LogP contribution in [0.15, 0.2) is 24.3 Å². The van der Waals surface area contributed by atoms with Crippen LogP contribution < -0.4 is 11.5 Å². The number of halogens is 3. The highest BCUT2D eigenvalue weighted by Gasteiger charge is 2.33. The molecule has 1 aromatic carbocycles. The summed E-state index contributed by atoms with van der Waals surface area (Å²) in [4.78, 5) is 4.00. The summed E-state index contributed by atoms with van der Waals surface area (Å²) in [5, 5.41) is 0. The molecule has 0 aliphatic rings. The van der Waals surface area contributed by atoms with Crippen LogP contribution in [0.3, 0.4) is 0 Å². The Morgan fingerprint density at radius 3 is 2.10 bits per heavy atom. The highest BCUT2D eigenvalue weighted by molar-refractivity contribution is 5.72. The van der Waals surface area contributed by atoms with E-state index in [1.54, 1.807) is 13.0 Å². The summed E-state index contributed by atoms with van der Waals surface area (Å²) in [6, 6.07) is 5.79. The van der Waals surface area contributed by atoms with Crippen LogP contribution in [-0.2, 0) is 6.18 Å². The molecule has 0 saturated heterocycles. The maximum Gasteiger partial charge on any atom is 0.416 e. The van der Waals surface area contributed by atoms with Crippen LogP contribution >= 0.6 is 0 Å². The summed E-state index contributed by atoms with van der Waals surface area (Å²) < 4.78 is 39.0. The Kier molecular flexibility index (Phi) is 3.33. The molecule has 1 aromatic heterocycles. The molecule has 106 valence electrons. The molecule has 6 heteroatoms. The summed E-state index contributed by atoms with van der Waals surface area (Å²) >= 11 is 0. The van der Waals surface area contributed by atoms with E-state index in [0.29, 0.717) is 16.8 Å². The van der Waals surface area contributed by atoms with E-state index >= 15 is 0 Å². The summed E-state index contributed by atoms with van der Waals surface area (Å²) in [5.74, 6) is 0.257. The number of nitrogens with zero attached hydrogens (tertiary/aromatic N) is 1. The quantitative estimate of drug-likeness (QED) is 0.786. The summed E-state index contributed by atoms with van der Waals surface area (Å²) in [7, 11) is 0. The second-order valence-corrected chi connectivity index (χ2v) is 4.66. The van der Waals surface area contributed by atoms with E-state index in [1.807, 2.05) is 0 Å². The van der Waals surface area contributed by atoms with Gasteiger partial charge in [0, 0.05) is 11.4 Å². The number of nitrogens with two attached hydrogens (primary N) is 2. The van der Waals surface area contributed by atoms with Crippen molar-refractivity contribution < 1.29 is 13.2 Å². The van der Waals surface area contributed by atoms with Crippen LogP contribution in [0.4, 0.5) is 24.7 Å². The zero-order chi connectivity index (χ0) is 15.1. The van der Waals surface area contributed by atoms with Gasteiger partial charge in [0.2, 0.25) is 0 Å². The highest BCUT2D eigenvalue weighted by atomic mass is 19.4. The van der Waals surface area contributed by atoms with Gasteiger partial charge in [0.25, 0.3) is 0 Å². The van der Waals surface area contributed by atoms with E-state index in [2.05, 4.69) is 4.98 Å². The van der Waals surface area contributed by atoms with Crippen LogP contribution in [0.2, 0.25) is 0 Å². The van der Waals surface area contributed by atoms with Gasteiger partial charge >= 0.3 is 6.18 Å². The monoisotopic (exact) mass is 281 g/mol. The molecule has 0 unspecified atom stereocenters. The Balaban J connectivity index is 2.67. The third-order valence-electron chi connectivity index (χ3n) is 3.06. The summed E-state index contributed by atoms with van der Waals surface area (Å²) in [6.07, 6.45) is -4.44. The van der Waals surface area contributed by atoms with Crippen molar-refractivity contribution in [2.75, 3.05) is 11.5 Å². The lowest BCUT2D eigenvalue weighted by Crippen LogP contribution is -2.09. The van der Waals surface area contributed by atoms with Crippen LogP contribution in [0.5, 0.6) is 0 Å². The number of alkyl halides is 3. The van der Waals surface area contributed by atoms with Crippen molar-refractivity contribution in [3.05, 3.63) is 41.1 Å². The zero-order valence-corrected chi connectivity index (χ0v) is 11.0. The predicted molar refractivity (Wildman–Crippen MR) is 73.0 cm³/mol. The highest BCUT2D eigenvalue weighted by Crippen LogP contribution is 2.37. The van der Waals surface area contributed by atoms with Crippen molar-refractivity contribution in [1.82, 2.24) is 4.98 Å². The molecule has 0 bridgehead atoms. The molecular weight excluding hydrogens is 267 g/mol. The lowest BCUT2D eigenvalue weighted by atomic mass is 9.98. The van der Waals surface area contributed by atoms with Crippen LogP contribution in [0.1, 0.15) is 16.8 Å². The predicted octanol–water partition coefficient (Wildman–Crippen LogP) is 3.55. The molecule has 0 aliphatic carbocycles. The van der Waals surface area contributed by atoms with Gasteiger partial charge in [-0.25, -0.2) is 4.98 Å². The number of aromatic nitrogens is 1. The van der Waals surface area contributed by atoms with Gasteiger partial charge in [-0.2, -0.15) is 13.2 Å². The Bertz CT molecular complexity index is 643. The van der Waals surface area contributed by atoms with Crippen LogP contribution in [-0.4, -0.2) is 4.98 Å². The van der Waals surface area contributed by atoms with Crippen molar-refractivity contribution in [1.29, 1.82) is 0 Å². The number of rotatable bonds is 1. The fraction of sp³-hybridized carbons (Fsp3) is 0.214. The van der Waals surface area contributed by atoms with E-state index in [4.69, 9.17) is 11.5 Å². The second kappa shape index (κ2) is 4.70. The van der Waals surface area contributed by atoms with Gasteiger partial charge in [-0.3, -0.25) is 0 Å². The first kappa shape index (κ1) is 14.2. The molecular formula is C14H14F3N3. The second-order valence-electron chi connectivity index (χ2n) is 4.66. The minimum Gasteiger partial charge on any atom is -0.398 e. The van der Waals surface area contributed by atoms with E-state index in [0.717, 1.165) is 6.07 Å². The first-order valence-electron chi connectivity index (χ1n) is 5.90. The smallest absolute Gasteiger partial charge is 0.398 e. The number of benzene rings is 1. The van der Waals surface area contributed by atoms with E-state index in [9.17, 15) is 13.2 Å². The van der Waals surface area contributed by atoms with Gasteiger partial charge < -0.3 is 11.5 Å². The fourth-order valence-electron chi connectivity index (χ4n) is 2.06. The SMILES string of the molecule is Cc1cc(-c2cc(N)c(C)c(C(F)(F)F)c2)cc(N)n1. The lowest BCUT2D eigenvalue weighted by molar-refractivity contribution is -0.137. The maximum absolute atomic E-state index is 13.0. The molecule has 1 heterocycles. The Morgan fingerprint density at radius 1 is 0.950 bits per heavy atom. The molecule has 4 N–H and O–H groups in total. The van der Waals surface area contributed by atoms with Crippen molar-refractivity contribution >= 4 is 11.5 Å². The molecule has 2 rings (SSSR count). The molecule has 0 amide bonds. The van der Waals surface area contributed by atoms with Crippen LogP contribution in [0, 0.1) is 13.8 Å². The van der Waals surface area contributed by atoms with Gasteiger partial charge in [0.05, 0.1) is 5.56 Å². The first-order chi connectivity index (χ1) is 9.18. The molecule has 3 nitrogen and oxygen atoms in total. The topological polar surface area (TPSA) is 64.9 Å². The number of hydrogen-bond donors (Lipinski definition) is 2. The molecule has 0 spiro atoms. The van der Waals surface area contributed by atoms with E-state index in [-0.39, 0.29) is 17.1 Å². The normalized spacial score (nSPS) is 11.7. The number of hydrogen-bond acceptors (Lipinski definition) is 3. The molecule has 0 atom stereocenters. The molecule has 0 fully saturated rings. The zero-order valence-electron chi connectivity index (χ0n) is 11.0. The van der Waals surface area contributed by atoms with Gasteiger partial charge in [-0.1, -0.05) is 0 Å². The van der Waals surface area contributed by atoms with Crippen molar-refractivity contribution in [2.45, 2.75) is 20.0 Å². The molecule has 0 radical (unpaired) electrons. The fourth-order valence-corrected chi connectivity index (χ4v) is 2.06. The number of pyridine rings is 1. The molecule has 20 heavy (non-hydrogen) atoms. The minimum absolute atomic E-state index is 0.0278. The number of nitrogen functional groups attached to an aromatic ring is 2. The van der Waals surface area contributed by atoms with E-state index < -0.39 is 11.7 Å². The van der Waals surface area contributed by atoms with Gasteiger partial charge in [-0.05, 0) is 54.8 Å². The van der Waals surface area contributed by atoms with Crippen LogP contribution in [0.25, 0.3) is 11.1 Å². The molecule has 0 saturated carbocycles. The molecule has 2 aromatic rings. The third kappa shape index (κ3) is 2.68. The van der Waals surface area contributed by atoms with Gasteiger partial charge in [0.1, 0.15) is 5.82 Å². The standard InChI is InChI=1S/C14H14F3N3/c1-7-3-9(6-13(19)20-7)10-4-11(14(15,16)17)8(2)12(18)5-10/h3-6H,18H2,1-2H3,(H2,19,20).